The van der Waals surface area contributed by atoms with Crippen LogP contribution in [0.4, 0.5) is 0 Å². The minimum Gasteiger partial charge on any atom is -0.395 e. The summed E-state index contributed by atoms with van der Waals surface area (Å²) >= 11 is 1.61. The average Bonchev–Trinajstić information content (AvgIpc) is 3.25. The summed E-state index contributed by atoms with van der Waals surface area (Å²) < 4.78 is 0. The van der Waals surface area contributed by atoms with E-state index in [2.05, 4.69) is 46.0 Å². The normalized spacial score (nSPS) is 19.1. The highest BCUT2D eigenvalue weighted by Gasteiger charge is 2.21. The van der Waals surface area contributed by atoms with Crippen molar-refractivity contribution in [3.8, 4) is 10.6 Å². The van der Waals surface area contributed by atoms with Crippen molar-refractivity contribution in [2.75, 3.05) is 72.6 Å². The molecule has 8 heteroatoms. The maximum Gasteiger partial charge on any atom is 0.228 e. The van der Waals surface area contributed by atoms with Crippen LogP contribution in [0.1, 0.15) is 11.3 Å². The van der Waals surface area contributed by atoms with Crippen LogP contribution >= 0.6 is 11.3 Å². The van der Waals surface area contributed by atoms with E-state index in [-0.39, 0.29) is 12.5 Å². The van der Waals surface area contributed by atoms with E-state index in [1.807, 2.05) is 10.3 Å². The van der Waals surface area contributed by atoms with Gasteiger partial charge in [-0.2, -0.15) is 0 Å². The largest absolute Gasteiger partial charge is 0.395 e. The molecule has 0 unspecified atom stereocenters. The molecular weight excluding hydrogens is 410 g/mol. The minimum atomic E-state index is 0.142. The van der Waals surface area contributed by atoms with Gasteiger partial charge in [0.1, 0.15) is 5.01 Å². The van der Waals surface area contributed by atoms with Crippen LogP contribution < -0.4 is 0 Å². The van der Waals surface area contributed by atoms with Gasteiger partial charge in [0.05, 0.1) is 18.7 Å². The number of amides is 1. The molecule has 2 aromatic rings. The predicted molar refractivity (Wildman–Crippen MR) is 124 cm³/mol. The molecule has 0 spiro atoms. The number of hydrogen-bond donors (Lipinski definition) is 1. The molecule has 0 radical (unpaired) electrons. The van der Waals surface area contributed by atoms with Crippen LogP contribution in [-0.2, 0) is 17.8 Å². The fourth-order valence-corrected chi connectivity index (χ4v) is 4.99. The molecule has 2 saturated heterocycles. The van der Waals surface area contributed by atoms with Gasteiger partial charge in [-0.3, -0.25) is 14.6 Å². The minimum absolute atomic E-state index is 0.142. The van der Waals surface area contributed by atoms with Crippen molar-refractivity contribution in [1.82, 2.24) is 24.6 Å². The van der Waals surface area contributed by atoms with E-state index in [1.54, 1.807) is 11.3 Å². The van der Waals surface area contributed by atoms with E-state index in [1.165, 1.54) is 5.56 Å². The number of aromatic nitrogens is 1. The molecule has 4 rings (SSSR count). The third kappa shape index (κ3) is 6.11. The summed E-state index contributed by atoms with van der Waals surface area (Å²) in [4.78, 5) is 26.4. The predicted octanol–water partition coefficient (Wildman–Crippen LogP) is 1.24. The molecule has 2 aliphatic rings. The first-order chi connectivity index (χ1) is 15.1. The van der Waals surface area contributed by atoms with E-state index >= 15 is 0 Å². The second-order valence-corrected chi connectivity index (χ2v) is 9.40. The zero-order valence-electron chi connectivity index (χ0n) is 18.4. The third-order valence-corrected chi connectivity index (χ3v) is 7.17. The molecule has 1 aromatic carbocycles. The van der Waals surface area contributed by atoms with Crippen LogP contribution in [-0.4, -0.2) is 108 Å². The average molecular weight is 444 g/mol. The molecule has 168 valence electrons. The molecule has 7 nitrogen and oxygen atoms in total. The Kier molecular flexibility index (Phi) is 7.68. The van der Waals surface area contributed by atoms with Gasteiger partial charge in [-0.05, 0) is 12.6 Å². The van der Waals surface area contributed by atoms with E-state index in [4.69, 9.17) is 10.1 Å². The van der Waals surface area contributed by atoms with Gasteiger partial charge in [0.2, 0.25) is 5.91 Å². The fourth-order valence-electron chi connectivity index (χ4n) is 4.17. The van der Waals surface area contributed by atoms with Crippen molar-refractivity contribution in [1.29, 1.82) is 0 Å². The molecule has 0 aliphatic carbocycles. The molecule has 2 fully saturated rings. The zero-order chi connectivity index (χ0) is 21.6. The fraction of sp³-hybridized carbons (Fsp3) is 0.565. The molecule has 1 N–H and O–H groups in total. The standard InChI is InChI=1S/C23H33N5O2S/c1-25-6-8-27(9-7-25)17-19-2-4-20(5-3-19)23-24-21(18-31-23)16-22(30)28-12-10-26(11-13-28)14-15-29/h2-5,18,29H,6-17H2,1H3. The van der Waals surface area contributed by atoms with Gasteiger partial charge in [-0.15, -0.1) is 11.3 Å². The molecule has 0 atom stereocenters. The number of rotatable bonds is 7. The van der Waals surface area contributed by atoms with E-state index in [9.17, 15) is 4.79 Å². The Morgan fingerprint density at radius 2 is 1.68 bits per heavy atom. The summed E-state index contributed by atoms with van der Waals surface area (Å²) in [6.07, 6.45) is 0.359. The maximum absolute atomic E-state index is 12.6. The molecule has 0 saturated carbocycles. The van der Waals surface area contributed by atoms with Crippen LogP contribution in [0, 0.1) is 0 Å². The van der Waals surface area contributed by atoms with Gasteiger partial charge in [0, 0.05) is 76.4 Å². The smallest absolute Gasteiger partial charge is 0.228 e. The lowest BCUT2D eigenvalue weighted by molar-refractivity contribution is -0.132. The number of benzene rings is 1. The van der Waals surface area contributed by atoms with Gasteiger partial charge < -0.3 is 14.9 Å². The number of aliphatic hydroxyl groups excluding tert-OH is 1. The number of β-amino-alcohol motifs (C(OH)–C–C–N with tert-alkyl or cyclic N) is 1. The number of hydrogen-bond acceptors (Lipinski definition) is 7. The van der Waals surface area contributed by atoms with E-state index in [0.717, 1.165) is 75.2 Å². The van der Waals surface area contributed by atoms with Crippen LogP contribution in [0.3, 0.4) is 0 Å². The van der Waals surface area contributed by atoms with Crippen molar-refractivity contribution in [3.05, 3.63) is 40.9 Å². The van der Waals surface area contributed by atoms with Crippen molar-refractivity contribution in [2.45, 2.75) is 13.0 Å². The number of carbonyl (C=O) groups is 1. The highest BCUT2D eigenvalue weighted by molar-refractivity contribution is 7.13. The summed E-state index contributed by atoms with van der Waals surface area (Å²) in [5.41, 5.74) is 3.30. The number of nitrogens with zero attached hydrogens (tertiary/aromatic N) is 5. The Balaban J connectivity index is 1.29. The van der Waals surface area contributed by atoms with Gasteiger partial charge in [0.15, 0.2) is 0 Å². The van der Waals surface area contributed by atoms with Crippen LogP contribution in [0.15, 0.2) is 29.6 Å². The van der Waals surface area contributed by atoms with Crippen LogP contribution in [0.25, 0.3) is 10.6 Å². The zero-order valence-corrected chi connectivity index (χ0v) is 19.2. The van der Waals surface area contributed by atoms with E-state index in [0.29, 0.717) is 13.0 Å². The topological polar surface area (TPSA) is 63.2 Å². The summed E-state index contributed by atoms with van der Waals surface area (Å²) in [6, 6.07) is 8.70. The van der Waals surface area contributed by atoms with E-state index < -0.39 is 0 Å². The molecule has 2 aliphatic heterocycles. The van der Waals surface area contributed by atoms with Gasteiger partial charge >= 0.3 is 0 Å². The Morgan fingerprint density at radius 1 is 1.00 bits per heavy atom. The lowest BCUT2D eigenvalue weighted by Crippen LogP contribution is -2.49. The summed E-state index contributed by atoms with van der Waals surface area (Å²) in [5.74, 6) is 0.142. The second-order valence-electron chi connectivity index (χ2n) is 8.54. The number of piperazine rings is 2. The second kappa shape index (κ2) is 10.7. The first-order valence-corrected chi connectivity index (χ1v) is 12.0. The third-order valence-electron chi connectivity index (χ3n) is 6.23. The molecular formula is C23H33N5O2S. The lowest BCUT2D eigenvalue weighted by Gasteiger charge is -2.34. The maximum atomic E-state index is 12.6. The van der Waals surface area contributed by atoms with Gasteiger partial charge in [-0.25, -0.2) is 4.98 Å². The van der Waals surface area contributed by atoms with Crippen molar-refractivity contribution in [2.24, 2.45) is 0 Å². The van der Waals surface area contributed by atoms with Crippen LogP contribution in [0.5, 0.6) is 0 Å². The monoisotopic (exact) mass is 443 g/mol. The molecule has 1 amide bonds. The molecule has 1 aromatic heterocycles. The first kappa shape index (κ1) is 22.4. The number of carbonyl (C=O) groups excluding carboxylic acids is 1. The SMILES string of the molecule is CN1CCN(Cc2ccc(-c3nc(CC(=O)N4CCN(CCO)CC4)cs3)cc2)CC1. The Morgan fingerprint density at radius 3 is 2.35 bits per heavy atom. The van der Waals surface area contributed by atoms with Gasteiger partial charge in [-0.1, -0.05) is 24.3 Å². The summed E-state index contributed by atoms with van der Waals surface area (Å²) in [6.45, 7) is 9.49. The number of thiazole rings is 1. The summed E-state index contributed by atoms with van der Waals surface area (Å²) in [7, 11) is 2.18. The highest BCUT2D eigenvalue weighted by atomic mass is 32.1. The Labute approximate surface area is 188 Å². The van der Waals surface area contributed by atoms with Crippen molar-refractivity contribution < 1.29 is 9.90 Å². The van der Waals surface area contributed by atoms with Crippen molar-refractivity contribution >= 4 is 17.2 Å². The highest BCUT2D eigenvalue weighted by Crippen LogP contribution is 2.25. The van der Waals surface area contributed by atoms with Gasteiger partial charge in [0.25, 0.3) is 0 Å². The number of aliphatic hydroxyl groups is 1. The number of likely N-dealkylation sites (N-methyl/N-ethyl adjacent to an activating group) is 1. The van der Waals surface area contributed by atoms with Crippen LogP contribution in [0.2, 0.25) is 0 Å². The molecule has 0 bridgehead atoms. The first-order valence-electron chi connectivity index (χ1n) is 11.2. The molecule has 31 heavy (non-hydrogen) atoms. The lowest BCUT2D eigenvalue weighted by atomic mass is 10.1. The Bertz CT molecular complexity index is 840. The van der Waals surface area contributed by atoms with Crippen molar-refractivity contribution in [3.63, 3.8) is 0 Å². The molecule has 3 heterocycles. The Hall–Kier alpha value is -1.84. The quantitative estimate of drug-likeness (QED) is 0.695. The summed E-state index contributed by atoms with van der Waals surface area (Å²) in [5, 5.41) is 12.0.